The van der Waals surface area contributed by atoms with E-state index in [1.165, 1.54) is 55.0 Å². The minimum atomic E-state index is -0.767. The lowest BCUT2D eigenvalue weighted by molar-refractivity contribution is -1.15. The molecule has 4 aromatic carbocycles. The van der Waals surface area contributed by atoms with Gasteiger partial charge in [0.1, 0.15) is 22.4 Å². The summed E-state index contributed by atoms with van der Waals surface area (Å²) in [5, 5.41) is 5.01. The number of pyridine rings is 3. The SMILES string of the molecule is c1ccc(N2c3ccc4c5ccccc5n5c4c3C3([n+]4ccccc4-5)[n+]4ccccc4-n4c5ccccc5c5ccc2[n+]3c54)cc1. The Balaban J connectivity index is 1.44. The average molecular weight is 590 g/mol. The maximum Gasteiger partial charge on any atom is 0.420 e. The van der Waals surface area contributed by atoms with Crippen LogP contribution in [0.4, 0.5) is 17.2 Å². The number of hydrogen-bond acceptors (Lipinski definition) is 1. The van der Waals surface area contributed by atoms with Gasteiger partial charge in [0.15, 0.2) is 11.1 Å². The Morgan fingerprint density at radius 3 is 1.83 bits per heavy atom. The molecule has 9 aromatic rings. The fourth-order valence-electron chi connectivity index (χ4n) is 8.91. The Morgan fingerprint density at radius 2 is 1.07 bits per heavy atom. The number of nitrogens with zero attached hydrogens (tertiary/aromatic N) is 6. The molecule has 6 nitrogen and oxygen atoms in total. The summed E-state index contributed by atoms with van der Waals surface area (Å²) in [5.74, 6) is 2.61. The Morgan fingerprint density at radius 1 is 0.457 bits per heavy atom. The molecule has 0 amide bonds. The zero-order chi connectivity index (χ0) is 29.7. The van der Waals surface area contributed by atoms with Crippen molar-refractivity contribution in [3.05, 3.63) is 157 Å². The van der Waals surface area contributed by atoms with Crippen LogP contribution in [0.25, 0.3) is 55.4 Å². The Labute approximate surface area is 263 Å². The first-order chi connectivity index (χ1) is 22.9. The van der Waals surface area contributed by atoms with Gasteiger partial charge in [0.25, 0.3) is 17.3 Å². The van der Waals surface area contributed by atoms with Crippen LogP contribution in [0.1, 0.15) is 5.56 Å². The normalized spacial score (nSPS) is 16.7. The van der Waals surface area contributed by atoms with Crippen molar-refractivity contribution in [3.63, 3.8) is 0 Å². The molecule has 3 aliphatic rings. The fourth-order valence-corrected chi connectivity index (χ4v) is 8.91. The van der Waals surface area contributed by atoms with Gasteiger partial charge >= 0.3 is 5.79 Å². The van der Waals surface area contributed by atoms with Gasteiger partial charge in [-0.25, -0.2) is 4.90 Å². The van der Waals surface area contributed by atoms with E-state index in [2.05, 4.69) is 180 Å². The number of aromatic nitrogens is 5. The van der Waals surface area contributed by atoms with Crippen molar-refractivity contribution in [1.82, 2.24) is 9.13 Å². The van der Waals surface area contributed by atoms with E-state index in [1.807, 2.05) is 0 Å². The van der Waals surface area contributed by atoms with Crippen molar-refractivity contribution in [2.45, 2.75) is 5.79 Å². The Kier molecular flexibility index (Phi) is 3.87. The predicted molar refractivity (Wildman–Crippen MR) is 178 cm³/mol. The maximum atomic E-state index is 2.61. The minimum absolute atomic E-state index is 0.767. The van der Waals surface area contributed by atoms with Gasteiger partial charge in [0.05, 0.1) is 17.8 Å². The molecule has 0 radical (unpaired) electrons. The molecule has 0 N–H and O–H groups in total. The molecule has 12 rings (SSSR count). The van der Waals surface area contributed by atoms with Crippen LogP contribution in [0, 0.1) is 0 Å². The van der Waals surface area contributed by atoms with Gasteiger partial charge in [-0.05, 0) is 60.7 Å². The molecule has 1 unspecified atom stereocenters. The first kappa shape index (κ1) is 23.2. The van der Waals surface area contributed by atoms with Crippen LogP contribution in [-0.2, 0) is 5.79 Å². The van der Waals surface area contributed by atoms with Crippen LogP contribution in [-0.4, -0.2) is 9.13 Å². The highest BCUT2D eigenvalue weighted by Crippen LogP contribution is 2.51. The molecule has 0 bridgehead atoms. The van der Waals surface area contributed by atoms with Crippen LogP contribution >= 0.6 is 0 Å². The zero-order valence-corrected chi connectivity index (χ0v) is 24.6. The Hall–Kier alpha value is -6.27. The van der Waals surface area contributed by atoms with Gasteiger partial charge < -0.3 is 0 Å². The highest BCUT2D eigenvalue weighted by molar-refractivity contribution is 6.13. The van der Waals surface area contributed by atoms with E-state index in [-0.39, 0.29) is 0 Å². The number of para-hydroxylation sites is 3. The largest absolute Gasteiger partial charge is 0.420 e. The molecule has 0 saturated heterocycles. The fraction of sp³-hybridized carbons (Fsp3) is 0.0250. The average Bonchev–Trinajstić information content (AvgIpc) is 3.65. The van der Waals surface area contributed by atoms with Crippen LogP contribution in [0.5, 0.6) is 0 Å². The molecule has 1 atom stereocenters. The second-order valence-electron chi connectivity index (χ2n) is 12.5. The van der Waals surface area contributed by atoms with Crippen LogP contribution < -0.4 is 18.6 Å². The third-order valence-corrected chi connectivity index (χ3v) is 10.5. The molecular weight excluding hydrogens is 564 g/mol. The topological polar surface area (TPSA) is 24.7 Å². The summed E-state index contributed by atoms with van der Waals surface area (Å²) in [5.41, 5.74) is 8.40. The highest BCUT2D eigenvalue weighted by Gasteiger charge is 2.66. The van der Waals surface area contributed by atoms with E-state index in [0.717, 1.165) is 23.1 Å². The van der Waals surface area contributed by atoms with E-state index < -0.39 is 5.79 Å². The summed E-state index contributed by atoms with van der Waals surface area (Å²) in [6.07, 6.45) is 4.54. The van der Waals surface area contributed by atoms with E-state index in [1.54, 1.807) is 0 Å². The van der Waals surface area contributed by atoms with Crippen LogP contribution in [0.2, 0.25) is 0 Å². The van der Waals surface area contributed by atoms with Crippen molar-refractivity contribution in [1.29, 1.82) is 0 Å². The lowest BCUT2D eigenvalue weighted by Gasteiger charge is -2.42. The van der Waals surface area contributed by atoms with Gasteiger partial charge in [-0.1, -0.05) is 60.7 Å². The lowest BCUT2D eigenvalue weighted by Crippen LogP contribution is -2.91. The third kappa shape index (κ3) is 2.33. The van der Waals surface area contributed by atoms with E-state index in [9.17, 15) is 0 Å². The molecule has 1 spiro atoms. The van der Waals surface area contributed by atoms with Crippen molar-refractivity contribution in [3.8, 4) is 11.6 Å². The summed E-state index contributed by atoms with van der Waals surface area (Å²) in [4.78, 5) is 2.46. The zero-order valence-electron chi connectivity index (χ0n) is 24.6. The quantitative estimate of drug-likeness (QED) is 0.191. The van der Waals surface area contributed by atoms with Crippen LogP contribution in [0.15, 0.2) is 152 Å². The molecule has 6 heteroatoms. The van der Waals surface area contributed by atoms with Crippen molar-refractivity contribution >= 4 is 60.9 Å². The number of fused-ring (bicyclic) bond motifs is 10. The van der Waals surface area contributed by atoms with Gasteiger partial charge in [0, 0.05) is 34.4 Å². The second-order valence-corrected chi connectivity index (χ2v) is 12.5. The molecule has 8 heterocycles. The molecular formula is C40H25N6+3. The minimum Gasteiger partial charge on any atom is -0.225 e. The van der Waals surface area contributed by atoms with E-state index in [4.69, 9.17) is 0 Å². The number of rotatable bonds is 1. The van der Waals surface area contributed by atoms with Crippen LogP contribution in [0.3, 0.4) is 0 Å². The standard InChI is InChI=1S/C40H25N6/c1-2-12-26(13-3-1)43-33-22-20-29-27-14-4-6-16-31(27)44-34-18-8-10-24-41(34)40(37(33)38(29)44)42-25-11-9-19-35(42)45-32-17-7-5-15-28(32)30-21-23-36(43)46(40)39(30)45/h1-25H/q+3. The molecule has 46 heavy (non-hydrogen) atoms. The molecule has 212 valence electrons. The maximum absolute atomic E-state index is 2.61. The summed E-state index contributed by atoms with van der Waals surface area (Å²) in [6, 6.07) is 51.0. The van der Waals surface area contributed by atoms with Gasteiger partial charge in [-0.3, -0.25) is 0 Å². The third-order valence-electron chi connectivity index (χ3n) is 10.5. The summed E-state index contributed by atoms with van der Waals surface area (Å²) in [7, 11) is 0. The summed E-state index contributed by atoms with van der Waals surface area (Å²) >= 11 is 0. The van der Waals surface area contributed by atoms with E-state index >= 15 is 0 Å². The molecule has 0 fully saturated rings. The van der Waals surface area contributed by atoms with Gasteiger partial charge in [-0.15, -0.1) is 4.57 Å². The predicted octanol–water partition coefficient (Wildman–Crippen LogP) is 6.91. The molecule has 0 saturated carbocycles. The monoisotopic (exact) mass is 589 g/mol. The smallest absolute Gasteiger partial charge is 0.225 e. The molecule has 3 aliphatic heterocycles. The second kappa shape index (κ2) is 7.68. The highest BCUT2D eigenvalue weighted by atomic mass is 15.6. The first-order valence-electron chi connectivity index (χ1n) is 15.8. The number of anilines is 3. The van der Waals surface area contributed by atoms with Gasteiger partial charge in [-0.2, -0.15) is 18.3 Å². The lowest BCUT2D eigenvalue weighted by atomic mass is 9.93. The number of hydrogen-bond donors (Lipinski definition) is 0. The molecule has 5 aromatic heterocycles. The summed E-state index contributed by atoms with van der Waals surface area (Å²) in [6.45, 7) is 0. The van der Waals surface area contributed by atoms with Crippen molar-refractivity contribution in [2.24, 2.45) is 0 Å². The molecule has 0 aliphatic carbocycles. The van der Waals surface area contributed by atoms with Crippen molar-refractivity contribution < 1.29 is 13.7 Å². The van der Waals surface area contributed by atoms with E-state index in [0.29, 0.717) is 0 Å². The van der Waals surface area contributed by atoms with Gasteiger partial charge in [0.2, 0.25) is 5.82 Å². The summed E-state index contributed by atoms with van der Waals surface area (Å²) < 4.78 is 12.5. The Bertz CT molecular complexity index is 2650. The number of benzene rings is 4. The van der Waals surface area contributed by atoms with Crippen molar-refractivity contribution in [2.75, 3.05) is 4.90 Å². The first-order valence-corrected chi connectivity index (χ1v) is 15.8.